The van der Waals surface area contributed by atoms with E-state index in [2.05, 4.69) is 9.88 Å². The lowest BCUT2D eigenvalue weighted by atomic mass is 9.89. The minimum Gasteiger partial charge on any atom is -0.481 e. The molecule has 1 aliphatic rings. The number of hydrogen-bond donors (Lipinski definition) is 1. The van der Waals surface area contributed by atoms with Crippen molar-refractivity contribution in [2.45, 2.75) is 12.1 Å². The van der Waals surface area contributed by atoms with Gasteiger partial charge in [-0.15, -0.1) is 0 Å². The molecule has 4 nitrogen and oxygen atoms in total. The lowest BCUT2D eigenvalue weighted by molar-refractivity contribution is 0.0973. The third-order valence-electron chi connectivity index (χ3n) is 4.82. The standard InChI is InChI=1S/C21H19ClN2O2/c1-26-20-11-8-16(12-23-20)21(25)14-24(19-5-3-2-4-18(19)21)13-15-6-9-17(22)10-7-15/h2-12,25H,13-14H2,1H3. The Morgan fingerprint density at radius 2 is 1.88 bits per heavy atom. The number of β-amino-alcohol motifs (C(OH)–C–C–N with tert-alkyl or cyclic N) is 1. The number of rotatable bonds is 4. The summed E-state index contributed by atoms with van der Waals surface area (Å²) in [5.74, 6) is 0.529. The molecule has 0 saturated carbocycles. The molecule has 0 aliphatic carbocycles. The quantitative estimate of drug-likeness (QED) is 0.758. The normalized spacial score (nSPS) is 18.7. The van der Waals surface area contributed by atoms with Crippen molar-refractivity contribution in [2.75, 3.05) is 18.6 Å². The molecule has 4 rings (SSSR count). The van der Waals surface area contributed by atoms with E-state index in [1.165, 1.54) is 0 Å². The van der Waals surface area contributed by atoms with Gasteiger partial charge < -0.3 is 14.7 Å². The molecule has 1 aliphatic heterocycles. The smallest absolute Gasteiger partial charge is 0.212 e. The Morgan fingerprint density at radius 3 is 2.58 bits per heavy atom. The molecule has 1 N–H and O–H groups in total. The lowest BCUT2D eigenvalue weighted by Gasteiger charge is -2.25. The minimum atomic E-state index is -1.11. The maximum atomic E-state index is 11.5. The molecule has 5 heteroatoms. The van der Waals surface area contributed by atoms with Gasteiger partial charge in [0.15, 0.2) is 0 Å². The van der Waals surface area contributed by atoms with Crippen molar-refractivity contribution < 1.29 is 9.84 Å². The molecule has 0 amide bonds. The van der Waals surface area contributed by atoms with E-state index in [1.54, 1.807) is 19.4 Å². The largest absolute Gasteiger partial charge is 0.481 e. The molecule has 0 spiro atoms. The Hall–Kier alpha value is -2.56. The summed E-state index contributed by atoms with van der Waals surface area (Å²) in [6.07, 6.45) is 1.68. The molecule has 132 valence electrons. The van der Waals surface area contributed by atoms with Crippen LogP contribution in [0.4, 0.5) is 5.69 Å². The van der Waals surface area contributed by atoms with Gasteiger partial charge in [-0.25, -0.2) is 4.98 Å². The summed E-state index contributed by atoms with van der Waals surface area (Å²) in [5, 5.41) is 12.2. The van der Waals surface area contributed by atoms with Crippen LogP contribution in [-0.2, 0) is 12.1 Å². The second-order valence-electron chi connectivity index (χ2n) is 6.45. The Balaban J connectivity index is 1.70. The van der Waals surface area contributed by atoms with E-state index in [-0.39, 0.29) is 0 Å². The van der Waals surface area contributed by atoms with Crippen LogP contribution < -0.4 is 9.64 Å². The van der Waals surface area contributed by atoms with E-state index in [9.17, 15) is 5.11 Å². The third-order valence-corrected chi connectivity index (χ3v) is 5.07. The fourth-order valence-corrected chi connectivity index (χ4v) is 3.62. The second kappa shape index (κ2) is 6.63. The van der Waals surface area contributed by atoms with Crippen LogP contribution in [0.15, 0.2) is 66.9 Å². The van der Waals surface area contributed by atoms with Crippen molar-refractivity contribution in [1.82, 2.24) is 4.98 Å². The molecule has 26 heavy (non-hydrogen) atoms. The van der Waals surface area contributed by atoms with Crippen LogP contribution in [0.5, 0.6) is 5.88 Å². The van der Waals surface area contributed by atoms with Crippen LogP contribution in [-0.4, -0.2) is 23.7 Å². The first-order valence-corrected chi connectivity index (χ1v) is 8.80. The highest BCUT2D eigenvalue weighted by molar-refractivity contribution is 6.30. The predicted molar refractivity (Wildman–Crippen MR) is 103 cm³/mol. The summed E-state index contributed by atoms with van der Waals surface area (Å²) >= 11 is 5.99. The number of para-hydroxylation sites is 1. The summed E-state index contributed by atoms with van der Waals surface area (Å²) in [5.41, 5.74) is 2.70. The van der Waals surface area contributed by atoms with E-state index >= 15 is 0 Å². The van der Waals surface area contributed by atoms with Crippen molar-refractivity contribution >= 4 is 17.3 Å². The Morgan fingerprint density at radius 1 is 1.12 bits per heavy atom. The number of methoxy groups -OCH3 is 1. The van der Waals surface area contributed by atoms with Crippen molar-refractivity contribution in [3.63, 3.8) is 0 Å². The summed E-state index contributed by atoms with van der Waals surface area (Å²) in [6.45, 7) is 1.16. The van der Waals surface area contributed by atoms with Gasteiger partial charge in [-0.05, 0) is 29.8 Å². The Bertz CT molecular complexity index is 912. The molecule has 0 radical (unpaired) electrons. The molecule has 0 bridgehead atoms. The zero-order valence-corrected chi connectivity index (χ0v) is 15.1. The second-order valence-corrected chi connectivity index (χ2v) is 6.89. The van der Waals surface area contributed by atoms with E-state index < -0.39 is 5.60 Å². The first kappa shape index (κ1) is 16.9. The Labute approximate surface area is 157 Å². The highest BCUT2D eigenvalue weighted by atomic mass is 35.5. The summed E-state index contributed by atoms with van der Waals surface area (Å²) < 4.78 is 5.13. The van der Waals surface area contributed by atoms with E-state index in [0.717, 1.165) is 27.4 Å². The summed E-state index contributed by atoms with van der Waals surface area (Å²) in [7, 11) is 1.58. The van der Waals surface area contributed by atoms with Gasteiger partial charge in [-0.3, -0.25) is 0 Å². The number of anilines is 1. The molecule has 3 aromatic rings. The number of pyridine rings is 1. The molecule has 0 saturated heterocycles. The number of aliphatic hydroxyl groups is 1. The van der Waals surface area contributed by atoms with E-state index in [0.29, 0.717) is 19.0 Å². The van der Waals surface area contributed by atoms with Crippen LogP contribution in [0.2, 0.25) is 5.02 Å². The van der Waals surface area contributed by atoms with Crippen LogP contribution in [0.3, 0.4) is 0 Å². The van der Waals surface area contributed by atoms with Gasteiger partial charge in [0.05, 0.1) is 13.7 Å². The van der Waals surface area contributed by atoms with Gasteiger partial charge in [-0.1, -0.05) is 41.9 Å². The fourth-order valence-electron chi connectivity index (χ4n) is 3.49. The van der Waals surface area contributed by atoms with Gasteiger partial charge in [0.1, 0.15) is 5.60 Å². The number of nitrogens with zero attached hydrogens (tertiary/aromatic N) is 2. The number of fused-ring (bicyclic) bond motifs is 1. The molecular weight excluding hydrogens is 348 g/mol. The highest BCUT2D eigenvalue weighted by Crippen LogP contribution is 2.43. The summed E-state index contributed by atoms with van der Waals surface area (Å²) in [4.78, 5) is 6.45. The SMILES string of the molecule is COc1ccc(C2(O)CN(Cc3ccc(Cl)cc3)c3ccccc32)cn1. The molecule has 2 heterocycles. The van der Waals surface area contributed by atoms with Crippen LogP contribution >= 0.6 is 11.6 Å². The van der Waals surface area contributed by atoms with Crippen LogP contribution in [0.1, 0.15) is 16.7 Å². The first-order valence-electron chi connectivity index (χ1n) is 8.42. The third kappa shape index (κ3) is 2.91. The zero-order valence-electron chi connectivity index (χ0n) is 14.4. The van der Waals surface area contributed by atoms with Gasteiger partial charge in [0.25, 0.3) is 0 Å². The molecule has 1 atom stereocenters. The van der Waals surface area contributed by atoms with E-state index in [1.807, 2.05) is 54.6 Å². The monoisotopic (exact) mass is 366 g/mol. The van der Waals surface area contributed by atoms with Crippen molar-refractivity contribution in [2.24, 2.45) is 0 Å². The van der Waals surface area contributed by atoms with Gasteiger partial charge in [0, 0.05) is 40.6 Å². The predicted octanol–water partition coefficient (Wildman–Crippen LogP) is 4.00. The number of benzene rings is 2. The minimum absolute atomic E-state index is 0.461. The highest BCUT2D eigenvalue weighted by Gasteiger charge is 2.42. The van der Waals surface area contributed by atoms with E-state index in [4.69, 9.17) is 16.3 Å². The maximum absolute atomic E-state index is 11.5. The number of aromatic nitrogens is 1. The molecule has 0 fully saturated rings. The van der Waals surface area contributed by atoms with Gasteiger partial charge >= 0.3 is 0 Å². The van der Waals surface area contributed by atoms with Gasteiger partial charge in [0.2, 0.25) is 5.88 Å². The van der Waals surface area contributed by atoms with Crippen LogP contribution in [0.25, 0.3) is 0 Å². The zero-order chi connectivity index (χ0) is 18.1. The number of halogens is 1. The topological polar surface area (TPSA) is 45.6 Å². The molecule has 2 aromatic carbocycles. The number of hydrogen-bond acceptors (Lipinski definition) is 4. The van der Waals surface area contributed by atoms with Crippen molar-refractivity contribution in [3.8, 4) is 5.88 Å². The first-order chi connectivity index (χ1) is 12.6. The lowest BCUT2D eigenvalue weighted by Crippen LogP contribution is -2.34. The fraction of sp³-hybridized carbons (Fsp3) is 0.190. The molecule has 1 aromatic heterocycles. The average molecular weight is 367 g/mol. The number of ether oxygens (including phenoxy) is 1. The van der Waals surface area contributed by atoms with Crippen molar-refractivity contribution in [3.05, 3.63) is 88.6 Å². The van der Waals surface area contributed by atoms with Crippen molar-refractivity contribution in [1.29, 1.82) is 0 Å². The van der Waals surface area contributed by atoms with Crippen LogP contribution in [0, 0.1) is 0 Å². The summed E-state index contributed by atoms with van der Waals surface area (Å²) in [6, 6.07) is 19.4. The molecule has 1 unspecified atom stereocenters. The molecular formula is C21H19ClN2O2. The average Bonchev–Trinajstić information content (AvgIpc) is 2.97. The van der Waals surface area contributed by atoms with Gasteiger partial charge in [-0.2, -0.15) is 0 Å². The Kier molecular flexibility index (Phi) is 4.31. The maximum Gasteiger partial charge on any atom is 0.212 e.